The van der Waals surface area contributed by atoms with Crippen LogP contribution in [0.1, 0.15) is 25.7 Å². The molecule has 0 radical (unpaired) electrons. The Morgan fingerprint density at radius 2 is 1.89 bits per heavy atom. The van der Waals surface area contributed by atoms with Gasteiger partial charge in [-0.05, 0) is 18.9 Å². The summed E-state index contributed by atoms with van der Waals surface area (Å²) in [5, 5.41) is 8.11. The van der Waals surface area contributed by atoms with Gasteiger partial charge in [-0.15, -0.1) is 5.10 Å². The lowest BCUT2D eigenvalue weighted by molar-refractivity contribution is -0.0361. The van der Waals surface area contributed by atoms with Crippen LogP contribution in [0.5, 0.6) is 0 Å². The normalized spacial score (nSPS) is 17.4. The second-order valence-corrected chi connectivity index (χ2v) is 7.40. The maximum Gasteiger partial charge on any atom is 0.248 e. The Labute approximate surface area is 163 Å². The highest BCUT2D eigenvalue weighted by Crippen LogP contribution is 2.34. The molecule has 0 unspecified atom stereocenters. The van der Waals surface area contributed by atoms with Crippen molar-refractivity contribution >= 4 is 28.8 Å². The van der Waals surface area contributed by atoms with Crippen LogP contribution < -0.4 is 5.32 Å². The van der Waals surface area contributed by atoms with Gasteiger partial charge in [-0.2, -0.15) is 0 Å². The Kier molecular flexibility index (Phi) is 3.94. The summed E-state index contributed by atoms with van der Waals surface area (Å²) in [4.78, 5) is 12.8. The lowest BCUT2D eigenvalue weighted by Gasteiger charge is -2.28. The first-order valence-electron chi connectivity index (χ1n) is 8.96. The third kappa shape index (κ3) is 3.05. The summed E-state index contributed by atoms with van der Waals surface area (Å²) in [6.45, 7) is 0. The Morgan fingerprint density at radius 3 is 2.71 bits per heavy atom. The summed E-state index contributed by atoms with van der Waals surface area (Å²) in [7, 11) is 0. The number of nitrogens with zero attached hydrogens (tertiary/aromatic N) is 6. The molecule has 0 saturated heterocycles. The Balaban J connectivity index is 1.42. The highest BCUT2D eigenvalue weighted by Gasteiger charge is 2.35. The molecule has 4 aromatic rings. The Morgan fingerprint density at radius 1 is 1.11 bits per heavy atom. The van der Waals surface area contributed by atoms with E-state index >= 15 is 0 Å². The van der Waals surface area contributed by atoms with E-state index < -0.39 is 5.92 Å². The number of rotatable bonds is 3. The molecule has 0 amide bonds. The monoisotopic (exact) mass is 403 g/mol. The molecule has 0 spiro atoms. The van der Waals surface area contributed by atoms with Gasteiger partial charge in [-0.3, -0.25) is 4.40 Å². The molecule has 0 aromatic carbocycles. The lowest BCUT2D eigenvalue weighted by Crippen LogP contribution is -2.32. The maximum atomic E-state index is 13.3. The van der Waals surface area contributed by atoms with Crippen LogP contribution in [0.25, 0.3) is 22.4 Å². The smallest absolute Gasteiger partial charge is 0.248 e. The molecule has 1 N–H and O–H groups in total. The van der Waals surface area contributed by atoms with Crippen LogP contribution in [0.2, 0.25) is 5.15 Å². The number of fused-ring (bicyclic) bond motifs is 2. The number of aromatic nitrogens is 6. The van der Waals surface area contributed by atoms with Gasteiger partial charge in [0.2, 0.25) is 17.6 Å². The Hall–Kier alpha value is -2.81. The van der Waals surface area contributed by atoms with E-state index in [1.54, 1.807) is 27.5 Å². The molecule has 1 aliphatic carbocycles. The first kappa shape index (κ1) is 17.3. The minimum atomic E-state index is -2.55. The third-order valence-corrected chi connectivity index (χ3v) is 5.38. The van der Waals surface area contributed by atoms with Gasteiger partial charge in [-0.25, -0.2) is 28.2 Å². The first-order valence-corrected chi connectivity index (χ1v) is 9.34. The van der Waals surface area contributed by atoms with E-state index in [1.165, 1.54) is 0 Å². The zero-order valence-electron chi connectivity index (χ0n) is 14.7. The zero-order valence-corrected chi connectivity index (χ0v) is 15.4. The number of hydrogen-bond acceptors (Lipinski definition) is 5. The molecule has 0 bridgehead atoms. The minimum Gasteiger partial charge on any atom is -0.350 e. The quantitative estimate of drug-likeness (QED) is 0.558. The van der Waals surface area contributed by atoms with E-state index in [0.717, 1.165) is 16.6 Å². The van der Waals surface area contributed by atoms with Gasteiger partial charge < -0.3 is 5.32 Å². The maximum absolute atomic E-state index is 13.3. The highest BCUT2D eigenvalue weighted by atomic mass is 35.5. The molecule has 1 fully saturated rings. The number of hydrogen-bond donors (Lipinski definition) is 1. The fraction of sp³-hybridized carbons (Fsp3) is 0.333. The van der Waals surface area contributed by atoms with Gasteiger partial charge in [0.15, 0.2) is 0 Å². The van der Waals surface area contributed by atoms with Crippen LogP contribution in [0.4, 0.5) is 14.7 Å². The van der Waals surface area contributed by atoms with E-state index in [4.69, 9.17) is 11.6 Å². The summed E-state index contributed by atoms with van der Waals surface area (Å²) in [6, 6.07) is 1.88. The molecular weight excluding hydrogens is 388 g/mol. The molecule has 1 saturated carbocycles. The average Bonchev–Trinajstić information content (AvgIpc) is 3.27. The van der Waals surface area contributed by atoms with E-state index in [-0.39, 0.29) is 18.9 Å². The fourth-order valence-electron chi connectivity index (χ4n) is 3.56. The predicted octanol–water partition coefficient (Wildman–Crippen LogP) is 4.08. The molecule has 144 valence electrons. The van der Waals surface area contributed by atoms with Crippen molar-refractivity contribution in [3.8, 4) is 11.1 Å². The lowest BCUT2D eigenvalue weighted by atomic mass is 9.92. The summed E-state index contributed by atoms with van der Waals surface area (Å²) in [6.07, 6.45) is 9.27. The molecule has 10 heteroatoms. The molecule has 1 aliphatic rings. The zero-order chi connectivity index (χ0) is 19.3. The molecule has 28 heavy (non-hydrogen) atoms. The van der Waals surface area contributed by atoms with Gasteiger partial charge in [0, 0.05) is 48.6 Å². The van der Waals surface area contributed by atoms with Crippen LogP contribution in [0, 0.1) is 0 Å². The molecule has 0 atom stereocenters. The van der Waals surface area contributed by atoms with Crippen molar-refractivity contribution in [1.82, 2.24) is 29.0 Å². The van der Waals surface area contributed by atoms with Crippen molar-refractivity contribution in [2.24, 2.45) is 0 Å². The van der Waals surface area contributed by atoms with Crippen LogP contribution >= 0.6 is 11.6 Å². The topological polar surface area (TPSA) is 72.4 Å². The molecule has 4 aromatic heterocycles. The number of nitrogens with one attached hydrogen (secondary N) is 1. The number of alkyl halides is 2. The van der Waals surface area contributed by atoms with Crippen LogP contribution in [-0.2, 0) is 0 Å². The highest BCUT2D eigenvalue weighted by molar-refractivity contribution is 6.29. The van der Waals surface area contributed by atoms with E-state index in [1.807, 2.05) is 18.5 Å². The van der Waals surface area contributed by atoms with Crippen molar-refractivity contribution in [1.29, 1.82) is 0 Å². The number of halogens is 3. The second-order valence-electron chi connectivity index (χ2n) is 7.01. The van der Waals surface area contributed by atoms with Crippen molar-refractivity contribution in [3.05, 3.63) is 42.2 Å². The summed E-state index contributed by atoms with van der Waals surface area (Å²) in [5.74, 6) is -1.60. The second kappa shape index (κ2) is 6.37. The first-order chi connectivity index (χ1) is 13.5. The van der Waals surface area contributed by atoms with E-state index in [9.17, 15) is 8.78 Å². The van der Waals surface area contributed by atoms with Gasteiger partial charge in [0.25, 0.3) is 0 Å². The Bertz CT molecular complexity index is 1160. The summed E-state index contributed by atoms with van der Waals surface area (Å²) >= 11 is 6.13. The van der Waals surface area contributed by atoms with Crippen molar-refractivity contribution in [2.75, 3.05) is 5.32 Å². The van der Waals surface area contributed by atoms with Gasteiger partial charge in [0.1, 0.15) is 5.15 Å². The number of imidazole rings is 1. The van der Waals surface area contributed by atoms with Crippen molar-refractivity contribution < 1.29 is 8.78 Å². The van der Waals surface area contributed by atoms with Crippen LogP contribution in [-0.4, -0.2) is 40.9 Å². The molecular formula is C18H16ClF2N7. The van der Waals surface area contributed by atoms with Crippen molar-refractivity contribution in [3.63, 3.8) is 0 Å². The molecule has 5 rings (SSSR count). The third-order valence-electron chi connectivity index (χ3n) is 5.10. The average molecular weight is 404 g/mol. The van der Waals surface area contributed by atoms with Gasteiger partial charge in [0.05, 0.1) is 17.9 Å². The SMILES string of the molecule is FC1(F)CCC(Nc2ncc3c(-c4cnc5ncc(Cl)n5c4)ccn3n2)CC1. The molecule has 4 heterocycles. The largest absolute Gasteiger partial charge is 0.350 e. The molecule has 0 aliphatic heterocycles. The van der Waals surface area contributed by atoms with Gasteiger partial charge >= 0.3 is 0 Å². The molecule has 7 nitrogen and oxygen atoms in total. The minimum absolute atomic E-state index is 0.0397. The van der Waals surface area contributed by atoms with Crippen molar-refractivity contribution in [2.45, 2.75) is 37.6 Å². The fourth-order valence-corrected chi connectivity index (χ4v) is 3.74. The van der Waals surface area contributed by atoms with E-state index in [0.29, 0.717) is 29.7 Å². The predicted molar refractivity (Wildman–Crippen MR) is 101 cm³/mol. The standard InChI is InChI=1S/C18H16ClF2N7/c19-15-9-24-17-23-7-11(10-27(15)17)13-3-6-28-14(13)8-22-16(26-28)25-12-1-4-18(20,21)5-2-12/h3,6-10,12H,1-2,4-5H2,(H,25,26). The van der Waals surface area contributed by atoms with Crippen LogP contribution in [0.15, 0.2) is 37.1 Å². The van der Waals surface area contributed by atoms with Crippen LogP contribution in [0.3, 0.4) is 0 Å². The van der Waals surface area contributed by atoms with Gasteiger partial charge in [-0.1, -0.05) is 11.6 Å². The van der Waals surface area contributed by atoms with E-state index in [2.05, 4.69) is 25.4 Å². The number of anilines is 1. The summed E-state index contributed by atoms with van der Waals surface area (Å²) in [5.41, 5.74) is 2.56. The summed E-state index contributed by atoms with van der Waals surface area (Å²) < 4.78 is 30.0.